The van der Waals surface area contributed by atoms with E-state index in [1.54, 1.807) is 11.3 Å². The van der Waals surface area contributed by atoms with Crippen molar-refractivity contribution in [3.05, 3.63) is 221 Å². The van der Waals surface area contributed by atoms with Gasteiger partial charge in [-0.25, -0.2) is 4.98 Å². The molecule has 0 fully saturated rings. The highest BCUT2D eigenvalue weighted by molar-refractivity contribution is 7.21. The number of anilines is 3. The molecule has 0 atom stereocenters. The van der Waals surface area contributed by atoms with Crippen LogP contribution < -0.4 is 9.64 Å². The van der Waals surface area contributed by atoms with Crippen LogP contribution in [0.2, 0.25) is 0 Å². The van der Waals surface area contributed by atoms with E-state index in [2.05, 4.69) is 189 Å². The van der Waals surface area contributed by atoms with Crippen molar-refractivity contribution in [3.8, 4) is 33.2 Å². The highest BCUT2D eigenvalue weighted by atomic mass is 32.1. The minimum Gasteiger partial charge on any atom is -0.457 e. The van der Waals surface area contributed by atoms with Crippen LogP contribution in [0.15, 0.2) is 182 Å². The number of hydrogen-bond donors (Lipinski definition) is 0. The predicted molar refractivity (Wildman–Crippen MR) is 236 cm³/mol. The third-order valence-corrected chi connectivity index (χ3v) is 12.2. The van der Waals surface area contributed by atoms with Crippen LogP contribution in [0.25, 0.3) is 31.9 Å². The fourth-order valence-electron chi connectivity index (χ4n) is 8.91. The van der Waals surface area contributed by atoms with Crippen molar-refractivity contribution in [2.75, 3.05) is 4.90 Å². The first-order valence-corrected chi connectivity index (χ1v) is 20.1. The summed E-state index contributed by atoms with van der Waals surface area (Å²) in [5.74, 6) is 1.50. The molecule has 0 N–H and O–H groups in total. The normalized spacial score (nSPS) is 12.9. The van der Waals surface area contributed by atoms with Gasteiger partial charge in [0.2, 0.25) is 0 Å². The fraction of sp³-hybridized carbons (Fsp3) is 0.0769. The zero-order valence-electron chi connectivity index (χ0n) is 32.0. The van der Waals surface area contributed by atoms with E-state index in [4.69, 9.17) is 14.7 Å². The Kier molecular flexibility index (Phi) is 8.53. The Hall–Kier alpha value is -6.82. The van der Waals surface area contributed by atoms with Crippen LogP contribution in [0.5, 0.6) is 11.5 Å². The van der Waals surface area contributed by atoms with Crippen molar-refractivity contribution in [2.45, 2.75) is 26.2 Å². The average molecular weight is 754 g/mol. The Balaban J connectivity index is 1.16. The zero-order chi connectivity index (χ0) is 38.5. The number of rotatable bonds is 7. The molecular formula is C52H39N3OS. The van der Waals surface area contributed by atoms with Gasteiger partial charge in [-0.15, -0.1) is 11.3 Å². The molecule has 1 aliphatic rings. The lowest BCUT2D eigenvalue weighted by atomic mass is 9.64. The van der Waals surface area contributed by atoms with Gasteiger partial charge in [0.05, 0.1) is 32.7 Å². The number of hydrogen-bond acceptors (Lipinski definition) is 5. The van der Waals surface area contributed by atoms with Gasteiger partial charge in [-0.1, -0.05) is 103 Å². The molecule has 0 spiro atoms. The second-order valence-electron chi connectivity index (χ2n) is 14.8. The number of benzene rings is 7. The van der Waals surface area contributed by atoms with E-state index >= 15 is 0 Å². The fourth-order valence-corrected chi connectivity index (χ4v) is 9.86. The number of fused-ring (bicyclic) bond motifs is 3. The predicted octanol–water partition coefficient (Wildman–Crippen LogP) is 13.9. The van der Waals surface area contributed by atoms with Crippen LogP contribution in [0.3, 0.4) is 0 Å². The topological polar surface area (TPSA) is 38.2 Å². The molecule has 10 rings (SSSR count). The maximum atomic E-state index is 7.01. The van der Waals surface area contributed by atoms with Crippen LogP contribution in [0.4, 0.5) is 17.1 Å². The van der Waals surface area contributed by atoms with Gasteiger partial charge < -0.3 is 9.64 Å². The third-order valence-electron chi connectivity index (χ3n) is 11.1. The number of thiazole rings is 1. The second-order valence-corrected chi connectivity index (χ2v) is 15.8. The maximum Gasteiger partial charge on any atom is 0.128 e. The molecule has 2 aromatic heterocycles. The lowest BCUT2D eigenvalue weighted by Crippen LogP contribution is -2.38. The second kappa shape index (κ2) is 14.0. The molecule has 0 aliphatic carbocycles. The van der Waals surface area contributed by atoms with Crippen molar-refractivity contribution in [3.63, 3.8) is 0 Å². The van der Waals surface area contributed by atoms with E-state index < -0.39 is 5.41 Å². The summed E-state index contributed by atoms with van der Waals surface area (Å²) in [5, 5.41) is 0.964. The van der Waals surface area contributed by atoms with E-state index in [1.807, 2.05) is 18.3 Å². The van der Waals surface area contributed by atoms with Crippen molar-refractivity contribution < 1.29 is 4.74 Å². The Labute approximate surface area is 337 Å². The number of aryl methyl sites for hydroxylation is 3. The molecule has 3 heterocycles. The smallest absolute Gasteiger partial charge is 0.128 e. The Morgan fingerprint density at radius 3 is 1.95 bits per heavy atom. The molecule has 0 bridgehead atoms. The van der Waals surface area contributed by atoms with E-state index in [9.17, 15) is 0 Å². The minimum atomic E-state index is -0.747. The van der Waals surface area contributed by atoms with Crippen LogP contribution in [0, 0.1) is 20.8 Å². The van der Waals surface area contributed by atoms with Crippen molar-refractivity contribution in [2.24, 2.45) is 0 Å². The molecule has 5 heteroatoms. The van der Waals surface area contributed by atoms with Crippen LogP contribution in [0.1, 0.15) is 39.1 Å². The molecule has 274 valence electrons. The Morgan fingerprint density at radius 2 is 1.23 bits per heavy atom. The zero-order valence-corrected chi connectivity index (χ0v) is 32.8. The van der Waals surface area contributed by atoms with E-state index in [-0.39, 0.29) is 0 Å². The SMILES string of the molecule is Cc1cc(C)c(-c2cc(Oc3cccc(C4(c5ccccn5)c5ccccc5N(c5ccccc5)c5ccccc54)c3)cc(-c3nc4ccccc4s3)c2)c(C)c1. The van der Waals surface area contributed by atoms with E-state index in [0.717, 1.165) is 77.3 Å². The van der Waals surface area contributed by atoms with Gasteiger partial charge in [0, 0.05) is 17.4 Å². The maximum absolute atomic E-state index is 7.01. The van der Waals surface area contributed by atoms with Gasteiger partial charge >= 0.3 is 0 Å². The molecule has 0 radical (unpaired) electrons. The summed E-state index contributed by atoms with van der Waals surface area (Å²) in [5.41, 5.74) is 15.0. The van der Waals surface area contributed by atoms with Gasteiger partial charge in [-0.2, -0.15) is 0 Å². The summed E-state index contributed by atoms with van der Waals surface area (Å²) in [6.07, 6.45) is 1.90. The number of nitrogens with zero attached hydrogens (tertiary/aromatic N) is 3. The number of pyridine rings is 1. The molecule has 7 aromatic carbocycles. The monoisotopic (exact) mass is 753 g/mol. The number of aromatic nitrogens is 2. The van der Waals surface area contributed by atoms with Gasteiger partial charge in [-0.3, -0.25) is 4.98 Å². The lowest BCUT2D eigenvalue weighted by Gasteiger charge is -2.45. The first-order chi connectivity index (χ1) is 28.0. The first-order valence-electron chi connectivity index (χ1n) is 19.3. The highest BCUT2D eigenvalue weighted by Gasteiger charge is 2.47. The molecule has 57 heavy (non-hydrogen) atoms. The van der Waals surface area contributed by atoms with Crippen molar-refractivity contribution in [1.29, 1.82) is 0 Å². The summed E-state index contributed by atoms with van der Waals surface area (Å²) < 4.78 is 8.17. The minimum absolute atomic E-state index is 0.744. The average Bonchev–Trinajstić information content (AvgIpc) is 3.68. The largest absolute Gasteiger partial charge is 0.457 e. The third kappa shape index (κ3) is 5.90. The van der Waals surface area contributed by atoms with Crippen molar-refractivity contribution >= 4 is 38.6 Å². The summed E-state index contributed by atoms with van der Waals surface area (Å²) in [4.78, 5) is 12.6. The van der Waals surface area contributed by atoms with Crippen molar-refractivity contribution in [1.82, 2.24) is 9.97 Å². The molecule has 4 nitrogen and oxygen atoms in total. The molecule has 9 aromatic rings. The van der Waals surface area contributed by atoms with Crippen LogP contribution in [-0.2, 0) is 5.41 Å². The lowest BCUT2D eigenvalue weighted by molar-refractivity contribution is 0.481. The van der Waals surface area contributed by atoms with Gasteiger partial charge in [0.1, 0.15) is 16.5 Å². The molecule has 0 saturated carbocycles. The van der Waals surface area contributed by atoms with Gasteiger partial charge in [0.15, 0.2) is 0 Å². The summed E-state index contributed by atoms with van der Waals surface area (Å²) in [7, 11) is 0. The Bertz CT molecular complexity index is 2830. The Morgan fingerprint density at radius 1 is 0.561 bits per heavy atom. The number of para-hydroxylation sites is 4. The van der Waals surface area contributed by atoms with E-state index in [0.29, 0.717) is 0 Å². The molecule has 1 aliphatic heterocycles. The van der Waals surface area contributed by atoms with Gasteiger partial charge in [-0.05, 0) is 139 Å². The summed E-state index contributed by atoms with van der Waals surface area (Å²) in [6, 6.07) is 62.3. The summed E-state index contributed by atoms with van der Waals surface area (Å²) >= 11 is 1.71. The molecule has 0 saturated heterocycles. The van der Waals surface area contributed by atoms with Crippen LogP contribution in [-0.4, -0.2) is 9.97 Å². The molecular weight excluding hydrogens is 715 g/mol. The van der Waals surface area contributed by atoms with E-state index in [1.165, 1.54) is 22.3 Å². The molecule has 0 unspecified atom stereocenters. The van der Waals surface area contributed by atoms with Gasteiger partial charge in [0.25, 0.3) is 0 Å². The highest BCUT2D eigenvalue weighted by Crippen LogP contribution is 2.57. The summed E-state index contributed by atoms with van der Waals surface area (Å²) in [6.45, 7) is 6.54. The quantitative estimate of drug-likeness (QED) is 0.162. The molecule has 0 amide bonds. The number of ether oxygens (including phenoxy) is 1. The first kappa shape index (κ1) is 34.7. The standard InChI is InChI=1S/C52H39N3OS/c1-34-28-35(2)50(36(3)29-34)37-30-38(51-54-45-22-9-12-25-48(45)57-51)32-42(31-37)56-41-19-15-16-39(33-41)52(49-26-13-14-27-53-49)43-20-7-10-23-46(43)55(40-17-5-4-6-18-40)47-24-11-8-21-44(47)52/h4-33H,1-3H3. The van der Waals surface area contributed by atoms with Crippen LogP contribution >= 0.6 is 11.3 Å².